The molecule has 0 saturated carbocycles. The van der Waals surface area contributed by atoms with Gasteiger partial charge in [0.25, 0.3) is 0 Å². The molecule has 1 N–H and O–H groups in total. The first-order valence-electron chi connectivity index (χ1n) is 11.2. The zero-order valence-electron chi connectivity index (χ0n) is 19.8. The molecule has 3 aromatic carbocycles. The van der Waals surface area contributed by atoms with Crippen molar-refractivity contribution in [3.05, 3.63) is 87.5 Å². The van der Waals surface area contributed by atoms with Crippen LogP contribution in [0.4, 0.5) is 10.5 Å². The zero-order chi connectivity index (χ0) is 24.6. The predicted octanol–water partition coefficient (Wildman–Crippen LogP) is 5.61. The normalized spacial score (nSPS) is 12.0. The van der Waals surface area contributed by atoms with Gasteiger partial charge in [0.2, 0.25) is 0 Å². The molecular formula is C29H27NO4. The van der Waals surface area contributed by atoms with Crippen molar-refractivity contribution in [2.45, 2.75) is 33.1 Å². The maximum atomic E-state index is 13.2. The zero-order valence-corrected chi connectivity index (χ0v) is 19.8. The lowest BCUT2D eigenvalue weighted by Gasteiger charge is -2.26. The van der Waals surface area contributed by atoms with Gasteiger partial charge < -0.3 is 9.84 Å². The van der Waals surface area contributed by atoms with Crippen LogP contribution in [0.5, 0.6) is 0 Å². The minimum Gasteiger partial charge on any atom is -0.481 e. The Morgan fingerprint density at radius 3 is 2.06 bits per heavy atom. The summed E-state index contributed by atoms with van der Waals surface area (Å²) in [5.74, 6) is 1.67. The fraction of sp³-hybridized carbons (Fsp3) is 0.241. The Labute approximate surface area is 200 Å². The van der Waals surface area contributed by atoms with Crippen molar-refractivity contribution in [2.75, 3.05) is 18.6 Å². The summed E-state index contributed by atoms with van der Waals surface area (Å²) in [5.41, 5.74) is 8.64. The summed E-state index contributed by atoms with van der Waals surface area (Å²) in [7, 11) is 1.63. The molecule has 1 aliphatic carbocycles. The monoisotopic (exact) mass is 453 g/mol. The Morgan fingerprint density at radius 1 is 0.971 bits per heavy atom. The third kappa shape index (κ3) is 3.82. The molecule has 1 aliphatic rings. The second-order valence-corrected chi connectivity index (χ2v) is 8.66. The number of amides is 1. The van der Waals surface area contributed by atoms with E-state index in [1.54, 1.807) is 7.05 Å². The summed E-state index contributed by atoms with van der Waals surface area (Å²) in [6.07, 6.45) is 5.06. The maximum absolute atomic E-state index is 13.2. The Morgan fingerprint density at radius 2 is 1.53 bits per heavy atom. The highest BCUT2D eigenvalue weighted by Crippen LogP contribution is 2.44. The van der Waals surface area contributed by atoms with Gasteiger partial charge >= 0.3 is 12.1 Å². The largest absolute Gasteiger partial charge is 0.481 e. The van der Waals surface area contributed by atoms with E-state index >= 15 is 0 Å². The van der Waals surface area contributed by atoms with E-state index in [1.807, 2.05) is 45.0 Å². The van der Waals surface area contributed by atoms with Gasteiger partial charge in [-0.15, -0.1) is 6.42 Å². The number of nitrogens with zero attached hydrogens (tertiary/aromatic N) is 1. The molecule has 4 rings (SSSR count). The lowest BCUT2D eigenvalue weighted by atomic mass is 9.89. The second kappa shape index (κ2) is 9.07. The topological polar surface area (TPSA) is 66.8 Å². The molecule has 0 heterocycles. The van der Waals surface area contributed by atoms with Gasteiger partial charge in [0.15, 0.2) is 0 Å². The molecule has 0 aromatic heterocycles. The molecule has 0 spiro atoms. The van der Waals surface area contributed by atoms with Gasteiger partial charge in [0.1, 0.15) is 6.61 Å². The van der Waals surface area contributed by atoms with Gasteiger partial charge in [0, 0.05) is 18.5 Å². The van der Waals surface area contributed by atoms with Gasteiger partial charge in [-0.2, -0.15) is 0 Å². The van der Waals surface area contributed by atoms with E-state index in [2.05, 4.69) is 30.2 Å². The average Bonchev–Trinajstić information content (AvgIpc) is 3.14. The number of anilines is 1. The van der Waals surface area contributed by atoms with Crippen LogP contribution in [0.1, 0.15) is 44.9 Å². The van der Waals surface area contributed by atoms with Crippen LogP contribution >= 0.6 is 0 Å². The number of carbonyl (C=O) groups excluding carboxylic acids is 1. The SMILES string of the molecule is C#Cc1c(C)c(CC(=O)O)c(C)c(N(C)C(=O)OCC2c3ccccc3-c3ccccc32)c1C. The van der Waals surface area contributed by atoms with Crippen molar-refractivity contribution in [1.29, 1.82) is 0 Å². The summed E-state index contributed by atoms with van der Waals surface area (Å²) < 4.78 is 5.81. The van der Waals surface area contributed by atoms with E-state index < -0.39 is 12.1 Å². The molecule has 0 radical (unpaired) electrons. The van der Waals surface area contributed by atoms with Gasteiger partial charge in [-0.3, -0.25) is 9.69 Å². The van der Waals surface area contributed by atoms with E-state index in [4.69, 9.17) is 11.2 Å². The van der Waals surface area contributed by atoms with Gasteiger partial charge in [-0.1, -0.05) is 54.5 Å². The lowest BCUT2D eigenvalue weighted by Crippen LogP contribution is -2.30. The first kappa shape index (κ1) is 23.1. The summed E-state index contributed by atoms with van der Waals surface area (Å²) >= 11 is 0. The highest BCUT2D eigenvalue weighted by Gasteiger charge is 2.30. The molecular weight excluding hydrogens is 426 g/mol. The minimum atomic E-state index is -0.951. The third-order valence-electron chi connectivity index (χ3n) is 6.78. The number of aliphatic carboxylic acids is 1. The van der Waals surface area contributed by atoms with Crippen LogP contribution in [0, 0.1) is 33.1 Å². The Kier molecular flexibility index (Phi) is 6.17. The van der Waals surface area contributed by atoms with E-state index in [0.29, 0.717) is 22.4 Å². The van der Waals surface area contributed by atoms with Crippen molar-refractivity contribution in [3.63, 3.8) is 0 Å². The van der Waals surface area contributed by atoms with Crippen LogP contribution in [-0.2, 0) is 16.0 Å². The van der Waals surface area contributed by atoms with E-state index in [9.17, 15) is 14.7 Å². The highest BCUT2D eigenvalue weighted by atomic mass is 16.6. The molecule has 0 fully saturated rings. The standard InChI is InChI=1S/C29H27NO4/c1-6-20-17(2)25(15-27(31)32)19(4)28(18(20)3)30(5)29(33)34-16-26-23-13-9-7-11-21(23)22-12-8-10-14-24(22)26/h1,7-14,26H,15-16H2,2-5H3,(H,31,32). The predicted molar refractivity (Wildman–Crippen MR) is 133 cm³/mol. The molecule has 0 bridgehead atoms. The van der Waals surface area contributed by atoms with Crippen LogP contribution in [0.15, 0.2) is 48.5 Å². The van der Waals surface area contributed by atoms with Crippen LogP contribution in [0.3, 0.4) is 0 Å². The summed E-state index contributed by atoms with van der Waals surface area (Å²) in [4.78, 5) is 26.1. The Bertz CT molecular complexity index is 1300. The molecule has 0 saturated heterocycles. The number of ether oxygens (including phenoxy) is 1. The van der Waals surface area contributed by atoms with Crippen LogP contribution in [0.2, 0.25) is 0 Å². The molecule has 3 aromatic rings. The quantitative estimate of drug-likeness (QED) is 0.510. The third-order valence-corrected chi connectivity index (χ3v) is 6.78. The molecule has 0 unspecified atom stereocenters. The van der Waals surface area contributed by atoms with Crippen LogP contribution in [0.25, 0.3) is 11.1 Å². The summed E-state index contributed by atoms with van der Waals surface area (Å²) in [6.45, 7) is 5.69. The van der Waals surface area contributed by atoms with Crippen LogP contribution in [-0.4, -0.2) is 30.8 Å². The molecule has 0 atom stereocenters. The number of carbonyl (C=O) groups is 2. The number of hydrogen-bond acceptors (Lipinski definition) is 3. The molecule has 5 heteroatoms. The van der Waals surface area contributed by atoms with Crippen molar-refractivity contribution >= 4 is 17.7 Å². The first-order valence-corrected chi connectivity index (χ1v) is 11.2. The number of benzene rings is 3. The number of rotatable bonds is 5. The van der Waals surface area contributed by atoms with E-state index in [-0.39, 0.29) is 18.9 Å². The van der Waals surface area contributed by atoms with Crippen molar-refractivity contribution < 1.29 is 19.4 Å². The highest BCUT2D eigenvalue weighted by molar-refractivity contribution is 5.91. The first-order chi connectivity index (χ1) is 16.3. The van der Waals surface area contributed by atoms with Crippen LogP contribution < -0.4 is 4.90 Å². The van der Waals surface area contributed by atoms with Gasteiger partial charge in [0.05, 0.1) is 12.1 Å². The van der Waals surface area contributed by atoms with Gasteiger partial charge in [-0.05, 0) is 65.3 Å². The van der Waals surface area contributed by atoms with E-state index in [1.165, 1.54) is 4.90 Å². The number of carboxylic acid groups (broad SMARTS) is 1. The molecule has 34 heavy (non-hydrogen) atoms. The molecule has 1 amide bonds. The fourth-order valence-electron chi connectivity index (χ4n) is 5.17. The number of carboxylic acids is 1. The fourth-order valence-corrected chi connectivity index (χ4v) is 5.17. The number of hydrogen-bond donors (Lipinski definition) is 1. The Hall–Kier alpha value is -4.04. The maximum Gasteiger partial charge on any atom is 0.414 e. The number of fused-ring (bicyclic) bond motifs is 3. The van der Waals surface area contributed by atoms with Crippen molar-refractivity contribution in [1.82, 2.24) is 0 Å². The molecule has 172 valence electrons. The van der Waals surface area contributed by atoms with E-state index in [0.717, 1.165) is 33.4 Å². The van der Waals surface area contributed by atoms with Crippen molar-refractivity contribution in [2.24, 2.45) is 0 Å². The lowest BCUT2D eigenvalue weighted by molar-refractivity contribution is -0.136. The summed E-state index contributed by atoms with van der Waals surface area (Å²) in [5, 5.41) is 9.40. The van der Waals surface area contributed by atoms with Gasteiger partial charge in [-0.25, -0.2) is 4.79 Å². The molecule has 0 aliphatic heterocycles. The number of terminal acetylenes is 1. The summed E-state index contributed by atoms with van der Waals surface area (Å²) in [6, 6.07) is 16.3. The Balaban J connectivity index is 1.63. The van der Waals surface area contributed by atoms with Crippen molar-refractivity contribution in [3.8, 4) is 23.5 Å². The molecule has 5 nitrogen and oxygen atoms in total. The smallest absolute Gasteiger partial charge is 0.414 e. The second-order valence-electron chi connectivity index (χ2n) is 8.66. The minimum absolute atomic E-state index is 0.0474. The average molecular weight is 454 g/mol.